The molecule has 0 aliphatic carbocycles. The minimum atomic E-state index is -0.155. The molecule has 1 aromatic heterocycles. The number of carbonyl (C=O) groups excluding carboxylic acids is 1. The molecule has 20 heavy (non-hydrogen) atoms. The molecule has 5 nitrogen and oxygen atoms in total. The van der Waals surface area contributed by atoms with Crippen molar-refractivity contribution in [2.45, 2.75) is 32.7 Å². The van der Waals surface area contributed by atoms with Crippen LogP contribution in [-0.4, -0.2) is 37.2 Å². The Hall–Kier alpha value is -1.33. The third-order valence-corrected chi connectivity index (χ3v) is 2.94. The molecule has 6 heteroatoms. The largest absolute Gasteiger partial charge is 0.385 e. The summed E-state index contributed by atoms with van der Waals surface area (Å²) in [5.41, 5.74) is 0.507. The Morgan fingerprint density at radius 3 is 2.90 bits per heavy atom. The van der Waals surface area contributed by atoms with Gasteiger partial charge in [0.05, 0.1) is 0 Å². The molecule has 0 radical (unpaired) electrons. The average Bonchev–Trinajstić information content (AvgIpc) is 2.42. The summed E-state index contributed by atoms with van der Waals surface area (Å²) in [6, 6.07) is 3.32. The number of amides is 1. The van der Waals surface area contributed by atoms with Crippen molar-refractivity contribution in [2.75, 3.05) is 25.6 Å². The highest BCUT2D eigenvalue weighted by molar-refractivity contribution is 6.29. The minimum absolute atomic E-state index is 0.0430. The summed E-state index contributed by atoms with van der Waals surface area (Å²) in [5, 5.41) is 6.34. The van der Waals surface area contributed by atoms with Gasteiger partial charge in [-0.3, -0.25) is 4.79 Å². The maximum Gasteiger partial charge on any atom is 0.251 e. The van der Waals surface area contributed by atoms with Crippen molar-refractivity contribution in [3.63, 3.8) is 0 Å². The third kappa shape index (κ3) is 5.75. The average molecular weight is 300 g/mol. The van der Waals surface area contributed by atoms with E-state index in [0.717, 1.165) is 19.4 Å². The van der Waals surface area contributed by atoms with Crippen molar-refractivity contribution in [3.8, 4) is 0 Å². The van der Waals surface area contributed by atoms with Crippen LogP contribution < -0.4 is 10.6 Å². The smallest absolute Gasteiger partial charge is 0.251 e. The van der Waals surface area contributed by atoms with Crippen LogP contribution in [0.2, 0.25) is 5.15 Å². The number of ether oxygens (including phenoxy) is 1. The lowest BCUT2D eigenvalue weighted by molar-refractivity contribution is 0.0929. The van der Waals surface area contributed by atoms with E-state index in [-0.39, 0.29) is 11.9 Å². The van der Waals surface area contributed by atoms with E-state index in [2.05, 4.69) is 22.5 Å². The summed E-state index contributed by atoms with van der Waals surface area (Å²) in [6.45, 7) is 5.40. The van der Waals surface area contributed by atoms with Crippen molar-refractivity contribution in [3.05, 3.63) is 22.8 Å². The van der Waals surface area contributed by atoms with Gasteiger partial charge in [0.15, 0.2) is 0 Å². The highest BCUT2D eigenvalue weighted by Crippen LogP contribution is 2.15. The predicted molar refractivity (Wildman–Crippen MR) is 81.4 cm³/mol. The van der Waals surface area contributed by atoms with Crippen molar-refractivity contribution in [1.82, 2.24) is 10.3 Å². The predicted octanol–water partition coefficient (Wildman–Crippen LogP) is 2.71. The van der Waals surface area contributed by atoms with Gasteiger partial charge in [-0.15, -0.1) is 0 Å². The third-order valence-electron chi connectivity index (χ3n) is 2.74. The fraction of sp³-hybridized carbons (Fsp3) is 0.571. The number of rotatable bonds is 8. The summed E-state index contributed by atoms with van der Waals surface area (Å²) >= 11 is 5.94. The molecule has 112 valence electrons. The summed E-state index contributed by atoms with van der Waals surface area (Å²) in [4.78, 5) is 16.3. The van der Waals surface area contributed by atoms with E-state index in [9.17, 15) is 4.79 Å². The molecular formula is C14H22ClN3O2. The van der Waals surface area contributed by atoms with Crippen LogP contribution in [0.5, 0.6) is 0 Å². The molecule has 1 atom stereocenters. The minimum Gasteiger partial charge on any atom is -0.385 e. The van der Waals surface area contributed by atoms with Crippen LogP contribution in [0, 0.1) is 0 Å². The Balaban J connectivity index is 2.69. The zero-order valence-corrected chi connectivity index (χ0v) is 13.0. The van der Waals surface area contributed by atoms with Crippen LogP contribution in [0.15, 0.2) is 12.1 Å². The van der Waals surface area contributed by atoms with Gasteiger partial charge in [0.2, 0.25) is 0 Å². The molecular weight excluding hydrogens is 278 g/mol. The Bertz CT molecular complexity index is 440. The number of halogens is 1. The first kappa shape index (κ1) is 16.7. The van der Waals surface area contributed by atoms with Crippen LogP contribution in [0.1, 0.15) is 37.0 Å². The summed E-state index contributed by atoms with van der Waals surface area (Å²) in [6.07, 6.45) is 1.74. The van der Waals surface area contributed by atoms with Gasteiger partial charge in [0.1, 0.15) is 11.0 Å². The van der Waals surface area contributed by atoms with Crippen LogP contribution in [0.25, 0.3) is 0 Å². The monoisotopic (exact) mass is 299 g/mol. The zero-order valence-electron chi connectivity index (χ0n) is 12.2. The first-order valence-corrected chi connectivity index (χ1v) is 7.15. The number of hydrogen-bond donors (Lipinski definition) is 2. The van der Waals surface area contributed by atoms with Crippen LogP contribution in [0.3, 0.4) is 0 Å². The van der Waals surface area contributed by atoms with E-state index in [1.54, 1.807) is 19.2 Å². The van der Waals surface area contributed by atoms with E-state index in [1.807, 2.05) is 6.92 Å². The number of anilines is 1. The van der Waals surface area contributed by atoms with Crippen LogP contribution in [0.4, 0.5) is 5.82 Å². The van der Waals surface area contributed by atoms with Gasteiger partial charge in [-0.2, -0.15) is 0 Å². The first-order valence-electron chi connectivity index (χ1n) is 6.78. The number of nitrogens with one attached hydrogen (secondary N) is 2. The highest BCUT2D eigenvalue weighted by atomic mass is 35.5. The number of hydrogen-bond acceptors (Lipinski definition) is 4. The van der Waals surface area contributed by atoms with Gasteiger partial charge in [-0.1, -0.05) is 18.5 Å². The Morgan fingerprint density at radius 2 is 2.25 bits per heavy atom. The van der Waals surface area contributed by atoms with E-state index >= 15 is 0 Å². The number of nitrogens with zero attached hydrogens (tertiary/aromatic N) is 1. The van der Waals surface area contributed by atoms with E-state index < -0.39 is 0 Å². The second-order valence-corrected chi connectivity index (χ2v) is 5.03. The lowest BCUT2D eigenvalue weighted by Crippen LogP contribution is -2.33. The number of pyridine rings is 1. The number of carbonyl (C=O) groups is 1. The second kappa shape index (κ2) is 8.76. The van der Waals surface area contributed by atoms with Gasteiger partial charge < -0.3 is 15.4 Å². The molecule has 1 amide bonds. The SMILES string of the molecule is CCCNc1cc(C(=O)NC(C)CCOC)cc(Cl)n1. The van der Waals surface area contributed by atoms with E-state index in [1.165, 1.54) is 0 Å². The quantitative estimate of drug-likeness (QED) is 0.725. The molecule has 0 saturated heterocycles. The van der Waals surface area contributed by atoms with Crippen molar-refractivity contribution < 1.29 is 9.53 Å². The maximum absolute atomic E-state index is 12.1. The fourth-order valence-electron chi connectivity index (χ4n) is 1.65. The van der Waals surface area contributed by atoms with Crippen molar-refractivity contribution in [1.29, 1.82) is 0 Å². The molecule has 1 unspecified atom stereocenters. The molecule has 0 spiro atoms. The topological polar surface area (TPSA) is 63.2 Å². The summed E-state index contributed by atoms with van der Waals surface area (Å²) in [7, 11) is 1.64. The Labute approximate surface area is 125 Å². The first-order chi connectivity index (χ1) is 9.56. The normalized spacial score (nSPS) is 12.0. The molecule has 1 aromatic rings. The van der Waals surface area contributed by atoms with Gasteiger partial charge in [0, 0.05) is 31.9 Å². The molecule has 1 heterocycles. The van der Waals surface area contributed by atoms with Gasteiger partial charge in [-0.25, -0.2) is 4.98 Å². The summed E-state index contributed by atoms with van der Waals surface area (Å²) < 4.78 is 4.99. The lowest BCUT2D eigenvalue weighted by atomic mass is 10.2. The van der Waals surface area contributed by atoms with Crippen molar-refractivity contribution in [2.24, 2.45) is 0 Å². The van der Waals surface area contributed by atoms with E-state index in [4.69, 9.17) is 16.3 Å². The van der Waals surface area contributed by atoms with Crippen LogP contribution >= 0.6 is 11.6 Å². The van der Waals surface area contributed by atoms with Gasteiger partial charge >= 0.3 is 0 Å². The van der Waals surface area contributed by atoms with Gasteiger partial charge in [0.25, 0.3) is 5.91 Å². The second-order valence-electron chi connectivity index (χ2n) is 4.65. The zero-order chi connectivity index (χ0) is 15.0. The molecule has 2 N–H and O–H groups in total. The molecule has 0 aliphatic heterocycles. The molecule has 0 fully saturated rings. The maximum atomic E-state index is 12.1. The molecule has 0 saturated carbocycles. The van der Waals surface area contributed by atoms with Crippen LogP contribution in [-0.2, 0) is 4.74 Å². The molecule has 0 aliphatic rings. The molecule has 0 bridgehead atoms. The Morgan fingerprint density at radius 1 is 1.50 bits per heavy atom. The fourth-order valence-corrected chi connectivity index (χ4v) is 1.85. The Kier molecular flexibility index (Phi) is 7.33. The number of methoxy groups -OCH3 is 1. The summed E-state index contributed by atoms with van der Waals surface area (Å²) in [5.74, 6) is 0.464. The standard InChI is InChI=1S/C14H22ClN3O2/c1-4-6-16-13-9-11(8-12(15)18-13)14(19)17-10(2)5-7-20-3/h8-10H,4-7H2,1-3H3,(H,16,18)(H,17,19). The van der Waals surface area contributed by atoms with Crippen molar-refractivity contribution >= 4 is 23.3 Å². The molecule has 1 rings (SSSR count). The van der Waals surface area contributed by atoms with Gasteiger partial charge in [-0.05, 0) is 31.9 Å². The van der Waals surface area contributed by atoms with E-state index in [0.29, 0.717) is 23.1 Å². The lowest BCUT2D eigenvalue weighted by Gasteiger charge is -2.14. The molecule has 0 aromatic carbocycles. The highest BCUT2D eigenvalue weighted by Gasteiger charge is 2.12. The number of aromatic nitrogens is 1.